The molecular weight excluding hydrogens is 216 g/mol. The molecule has 1 aromatic heterocycles. The molecule has 0 bridgehead atoms. The Morgan fingerprint density at radius 2 is 2.18 bits per heavy atom. The molecule has 0 unspecified atom stereocenters. The van der Waals surface area contributed by atoms with Crippen molar-refractivity contribution in [2.75, 3.05) is 12.8 Å². The van der Waals surface area contributed by atoms with Crippen molar-refractivity contribution in [2.45, 2.75) is 20.3 Å². The Hall–Kier alpha value is -1.97. The number of hydrogen-bond donors (Lipinski definition) is 1. The highest BCUT2D eigenvalue weighted by Crippen LogP contribution is 2.30. The van der Waals surface area contributed by atoms with E-state index in [-0.39, 0.29) is 6.01 Å². The van der Waals surface area contributed by atoms with Crippen LogP contribution in [-0.4, -0.2) is 12.1 Å². The van der Waals surface area contributed by atoms with Gasteiger partial charge >= 0.3 is 0 Å². The SMILES string of the molecule is CCc1nc(N)oc1-c1ccc(OC)c(C)c1. The van der Waals surface area contributed by atoms with Crippen molar-refractivity contribution < 1.29 is 9.15 Å². The Balaban J connectivity index is 2.49. The van der Waals surface area contributed by atoms with Gasteiger partial charge in [0.2, 0.25) is 0 Å². The number of aromatic nitrogens is 1. The lowest BCUT2D eigenvalue weighted by molar-refractivity contribution is 0.411. The first-order chi connectivity index (χ1) is 8.15. The lowest BCUT2D eigenvalue weighted by Crippen LogP contribution is -1.89. The van der Waals surface area contributed by atoms with Crippen LogP contribution in [-0.2, 0) is 6.42 Å². The molecule has 2 N–H and O–H groups in total. The molecular formula is C13H16N2O2. The monoisotopic (exact) mass is 232 g/mol. The lowest BCUT2D eigenvalue weighted by Gasteiger charge is -2.06. The Morgan fingerprint density at radius 3 is 2.76 bits per heavy atom. The molecule has 0 amide bonds. The number of rotatable bonds is 3. The van der Waals surface area contributed by atoms with Crippen molar-refractivity contribution in [3.05, 3.63) is 29.5 Å². The van der Waals surface area contributed by atoms with Crippen molar-refractivity contribution in [1.29, 1.82) is 0 Å². The summed E-state index contributed by atoms with van der Waals surface area (Å²) < 4.78 is 10.7. The van der Waals surface area contributed by atoms with Crippen molar-refractivity contribution >= 4 is 6.01 Å². The van der Waals surface area contributed by atoms with Gasteiger partial charge in [0.1, 0.15) is 5.75 Å². The number of anilines is 1. The smallest absolute Gasteiger partial charge is 0.292 e. The summed E-state index contributed by atoms with van der Waals surface area (Å²) in [7, 11) is 1.66. The molecule has 0 saturated carbocycles. The second-order valence-corrected chi connectivity index (χ2v) is 3.87. The highest BCUT2D eigenvalue weighted by Gasteiger charge is 2.13. The number of nitrogens with two attached hydrogens (primary N) is 1. The summed E-state index contributed by atoms with van der Waals surface area (Å²) in [6.45, 7) is 4.02. The molecule has 2 aromatic rings. The van der Waals surface area contributed by atoms with Crippen LogP contribution in [0.25, 0.3) is 11.3 Å². The molecule has 4 heteroatoms. The van der Waals surface area contributed by atoms with Crippen LogP contribution in [0.15, 0.2) is 22.6 Å². The zero-order valence-electron chi connectivity index (χ0n) is 10.3. The maximum atomic E-state index is 5.58. The molecule has 0 saturated heterocycles. The van der Waals surface area contributed by atoms with Gasteiger partial charge in [0, 0.05) is 5.56 Å². The molecule has 90 valence electrons. The Bertz CT molecular complexity index is 532. The number of methoxy groups -OCH3 is 1. The predicted molar refractivity (Wildman–Crippen MR) is 67.0 cm³/mol. The second kappa shape index (κ2) is 4.49. The van der Waals surface area contributed by atoms with Gasteiger partial charge in [-0.1, -0.05) is 6.92 Å². The highest BCUT2D eigenvalue weighted by atomic mass is 16.5. The van der Waals surface area contributed by atoms with Crippen LogP contribution in [0.5, 0.6) is 5.75 Å². The van der Waals surface area contributed by atoms with E-state index in [2.05, 4.69) is 4.98 Å². The molecule has 17 heavy (non-hydrogen) atoms. The van der Waals surface area contributed by atoms with E-state index in [1.54, 1.807) is 7.11 Å². The third-order valence-electron chi connectivity index (χ3n) is 2.71. The van der Waals surface area contributed by atoms with E-state index < -0.39 is 0 Å². The largest absolute Gasteiger partial charge is 0.496 e. The van der Waals surface area contributed by atoms with Crippen LogP contribution in [0.3, 0.4) is 0 Å². The molecule has 0 fully saturated rings. The van der Waals surface area contributed by atoms with E-state index in [0.717, 1.165) is 34.8 Å². The molecule has 0 aliphatic carbocycles. The first-order valence-corrected chi connectivity index (χ1v) is 5.56. The normalized spacial score (nSPS) is 10.5. The quantitative estimate of drug-likeness (QED) is 0.883. The zero-order valence-corrected chi connectivity index (χ0v) is 10.3. The molecule has 0 radical (unpaired) electrons. The third-order valence-corrected chi connectivity index (χ3v) is 2.71. The molecule has 1 heterocycles. The van der Waals surface area contributed by atoms with Gasteiger partial charge in [-0.05, 0) is 37.1 Å². The fourth-order valence-electron chi connectivity index (χ4n) is 1.85. The average Bonchev–Trinajstić information content (AvgIpc) is 2.70. The molecule has 0 aliphatic rings. The van der Waals surface area contributed by atoms with Crippen molar-refractivity contribution in [1.82, 2.24) is 4.98 Å². The first kappa shape index (κ1) is 11.5. The Kier molecular flexibility index (Phi) is 3.04. The van der Waals surface area contributed by atoms with Crippen molar-refractivity contribution in [3.8, 4) is 17.1 Å². The fraction of sp³-hybridized carbons (Fsp3) is 0.308. The predicted octanol–water partition coefficient (Wildman–Crippen LogP) is 2.80. The van der Waals surface area contributed by atoms with Crippen LogP contribution in [0.1, 0.15) is 18.2 Å². The summed E-state index contributed by atoms with van der Waals surface area (Å²) in [5, 5.41) is 0. The number of hydrogen-bond acceptors (Lipinski definition) is 4. The van der Waals surface area contributed by atoms with E-state index in [1.807, 2.05) is 32.0 Å². The van der Waals surface area contributed by atoms with Crippen molar-refractivity contribution in [3.63, 3.8) is 0 Å². The minimum absolute atomic E-state index is 0.213. The maximum absolute atomic E-state index is 5.58. The fourth-order valence-corrected chi connectivity index (χ4v) is 1.85. The minimum Gasteiger partial charge on any atom is -0.496 e. The summed E-state index contributed by atoms with van der Waals surface area (Å²) in [6.07, 6.45) is 0.793. The summed E-state index contributed by atoms with van der Waals surface area (Å²) >= 11 is 0. The van der Waals surface area contributed by atoms with E-state index in [9.17, 15) is 0 Å². The Morgan fingerprint density at radius 1 is 1.41 bits per heavy atom. The van der Waals surface area contributed by atoms with E-state index in [4.69, 9.17) is 14.9 Å². The van der Waals surface area contributed by atoms with Gasteiger partial charge < -0.3 is 14.9 Å². The van der Waals surface area contributed by atoms with E-state index in [1.165, 1.54) is 0 Å². The number of oxazole rings is 1. The lowest BCUT2D eigenvalue weighted by atomic mass is 10.1. The van der Waals surface area contributed by atoms with Gasteiger partial charge in [-0.2, -0.15) is 4.98 Å². The number of nitrogen functional groups attached to an aromatic ring is 1. The number of ether oxygens (including phenoxy) is 1. The van der Waals surface area contributed by atoms with Crippen LogP contribution < -0.4 is 10.5 Å². The molecule has 0 aliphatic heterocycles. The molecule has 1 aromatic carbocycles. The van der Waals surface area contributed by atoms with Gasteiger partial charge in [0.25, 0.3) is 6.01 Å². The van der Waals surface area contributed by atoms with Crippen LogP contribution in [0, 0.1) is 6.92 Å². The van der Waals surface area contributed by atoms with Gasteiger partial charge in [0.15, 0.2) is 5.76 Å². The zero-order chi connectivity index (χ0) is 12.4. The van der Waals surface area contributed by atoms with Gasteiger partial charge in [-0.15, -0.1) is 0 Å². The van der Waals surface area contributed by atoms with Crippen LogP contribution in [0.2, 0.25) is 0 Å². The van der Waals surface area contributed by atoms with Gasteiger partial charge in [-0.25, -0.2) is 0 Å². The number of aryl methyl sites for hydroxylation is 2. The number of benzene rings is 1. The highest BCUT2D eigenvalue weighted by molar-refractivity contribution is 5.63. The standard InChI is InChI=1S/C13H16N2O2/c1-4-10-12(17-13(14)15-10)9-5-6-11(16-3)8(2)7-9/h5-7H,4H2,1-3H3,(H2,14,15). The molecule has 0 atom stereocenters. The van der Waals surface area contributed by atoms with Gasteiger partial charge in [0.05, 0.1) is 12.8 Å². The topological polar surface area (TPSA) is 61.3 Å². The van der Waals surface area contributed by atoms with Crippen molar-refractivity contribution in [2.24, 2.45) is 0 Å². The minimum atomic E-state index is 0.213. The molecule has 2 rings (SSSR count). The second-order valence-electron chi connectivity index (χ2n) is 3.87. The van der Waals surface area contributed by atoms with E-state index >= 15 is 0 Å². The summed E-state index contributed by atoms with van der Waals surface area (Å²) in [6, 6.07) is 6.09. The van der Waals surface area contributed by atoms with Crippen LogP contribution >= 0.6 is 0 Å². The number of nitrogens with zero attached hydrogens (tertiary/aromatic N) is 1. The maximum Gasteiger partial charge on any atom is 0.292 e. The summed E-state index contributed by atoms with van der Waals surface area (Å²) in [4.78, 5) is 4.16. The Labute approximate surface area is 100 Å². The first-order valence-electron chi connectivity index (χ1n) is 5.56. The summed E-state index contributed by atoms with van der Waals surface area (Å²) in [5.74, 6) is 1.61. The third kappa shape index (κ3) is 2.11. The van der Waals surface area contributed by atoms with Gasteiger partial charge in [-0.3, -0.25) is 0 Å². The molecule has 4 nitrogen and oxygen atoms in total. The van der Waals surface area contributed by atoms with E-state index in [0.29, 0.717) is 0 Å². The van der Waals surface area contributed by atoms with Crippen LogP contribution in [0.4, 0.5) is 6.01 Å². The average molecular weight is 232 g/mol. The summed E-state index contributed by atoms with van der Waals surface area (Å²) in [5.41, 5.74) is 8.50. The molecule has 0 spiro atoms.